The first-order valence-electron chi connectivity index (χ1n) is 12.2. The van der Waals surface area contributed by atoms with Gasteiger partial charge in [0.1, 0.15) is 22.8 Å². The number of hydrogen-bond donors (Lipinski definition) is 6. The topological polar surface area (TPSA) is 187 Å². The number of phenolic OH excluding ortho intramolecular Hbond substituents is 1. The second kappa shape index (κ2) is 8.44. The molecule has 198 valence electrons. The average Bonchev–Trinajstić information content (AvgIpc) is 2.83. The number of aromatic hydroxyl groups is 1. The Kier molecular flexibility index (Phi) is 5.66. The van der Waals surface area contributed by atoms with Gasteiger partial charge in [-0.3, -0.25) is 19.3 Å². The predicted octanol–water partition coefficient (Wildman–Crippen LogP) is 1.68. The fourth-order valence-electron chi connectivity index (χ4n) is 6.33. The second-order valence-corrected chi connectivity index (χ2v) is 10.5. The Morgan fingerprint density at radius 3 is 2.39 bits per heavy atom. The van der Waals surface area contributed by atoms with Crippen LogP contribution in [0.4, 0.5) is 5.69 Å². The summed E-state index contributed by atoms with van der Waals surface area (Å²) in [7, 11) is 3.18. The number of phenols is 1. The van der Waals surface area contributed by atoms with Crippen LogP contribution in [0.25, 0.3) is 11.1 Å². The summed E-state index contributed by atoms with van der Waals surface area (Å²) in [4.78, 5) is 40.8. The van der Waals surface area contributed by atoms with Gasteiger partial charge in [-0.25, -0.2) is 0 Å². The van der Waals surface area contributed by atoms with E-state index in [1.165, 1.54) is 11.0 Å². The van der Waals surface area contributed by atoms with E-state index in [-0.39, 0.29) is 29.7 Å². The van der Waals surface area contributed by atoms with Gasteiger partial charge in [0.2, 0.25) is 5.78 Å². The summed E-state index contributed by atoms with van der Waals surface area (Å²) in [6.07, 6.45) is 0.225. The Hall–Kier alpha value is -4.15. The van der Waals surface area contributed by atoms with Crippen molar-refractivity contribution in [1.82, 2.24) is 4.90 Å². The van der Waals surface area contributed by atoms with Crippen LogP contribution in [0.15, 0.2) is 53.0 Å². The van der Waals surface area contributed by atoms with Gasteiger partial charge < -0.3 is 31.9 Å². The minimum atomic E-state index is -2.66. The first kappa shape index (κ1) is 25.5. The number of nitrogens with zero attached hydrogens (tertiary/aromatic N) is 1. The highest BCUT2D eigenvalue weighted by Gasteiger charge is 2.63. The summed E-state index contributed by atoms with van der Waals surface area (Å²) in [5.74, 6) is -6.77. The maximum absolute atomic E-state index is 13.8. The van der Waals surface area contributed by atoms with Crippen molar-refractivity contribution in [2.24, 2.45) is 17.6 Å². The smallest absolute Gasteiger partial charge is 0.255 e. The highest BCUT2D eigenvalue weighted by atomic mass is 16.3. The molecule has 0 aromatic heterocycles. The molecule has 1 amide bonds. The number of benzene rings is 2. The monoisotopic (exact) mass is 519 g/mol. The summed E-state index contributed by atoms with van der Waals surface area (Å²) in [5.41, 5.74) is 11.2. The van der Waals surface area contributed by atoms with Crippen LogP contribution in [0.1, 0.15) is 27.9 Å². The number of allylic oxidation sites excluding steroid dienone is 1. The van der Waals surface area contributed by atoms with Crippen molar-refractivity contribution in [2.45, 2.75) is 31.4 Å². The van der Waals surface area contributed by atoms with Crippen LogP contribution in [0.3, 0.4) is 0 Å². The zero-order chi connectivity index (χ0) is 27.8. The highest BCUT2D eigenvalue weighted by Crippen LogP contribution is 2.53. The zero-order valence-electron chi connectivity index (χ0n) is 21.1. The molecule has 8 N–H and O–H groups in total. The Labute approximate surface area is 218 Å². The molecule has 2 aromatic rings. The lowest BCUT2D eigenvalue weighted by Gasteiger charge is -2.50. The maximum atomic E-state index is 13.8. The molecule has 10 heteroatoms. The Morgan fingerprint density at radius 2 is 1.79 bits per heavy atom. The summed E-state index contributed by atoms with van der Waals surface area (Å²) in [6, 6.07) is 7.53. The lowest BCUT2D eigenvalue weighted by atomic mass is 9.58. The molecule has 0 bridgehead atoms. The Bertz CT molecular complexity index is 1510. The molecule has 2 aromatic carbocycles. The number of fused-ring (bicyclic) bond motifs is 3. The minimum absolute atomic E-state index is 0.0247. The van der Waals surface area contributed by atoms with E-state index in [1.54, 1.807) is 26.2 Å². The van der Waals surface area contributed by atoms with Crippen LogP contribution >= 0.6 is 0 Å². The van der Waals surface area contributed by atoms with Crippen LogP contribution in [0.5, 0.6) is 5.75 Å². The number of likely N-dealkylation sites (N-methyl/N-ethyl adjacent to an activating group) is 1. The first-order chi connectivity index (χ1) is 17.8. The van der Waals surface area contributed by atoms with Crippen LogP contribution in [0, 0.1) is 18.8 Å². The number of Topliss-reactive ketones (excluding diaryl/α,β-unsaturated/α-hetero) is 2. The number of nitrogen functional groups attached to an aromatic ring is 1. The molecule has 5 rings (SSSR count). The lowest BCUT2D eigenvalue weighted by molar-refractivity contribution is -0.148. The molecular weight excluding hydrogens is 490 g/mol. The second-order valence-electron chi connectivity index (χ2n) is 10.5. The number of hydrogen-bond acceptors (Lipinski definition) is 9. The number of aliphatic hydroxyl groups is 3. The van der Waals surface area contributed by atoms with Crippen LogP contribution in [-0.2, 0) is 16.0 Å². The Balaban J connectivity index is 1.73. The standard InChI is InChI=1S/C28H29N3O7/c1-11-4-5-12(10-17(11)29)14-6-7-18(32)20-15(14)8-13-9-16-22(31(2)3)24(34)21(27(30)37)26(36)28(16,38)25(35)19(13)23(20)33/h4-7,10,13,16,22,32,34-35,38H,8-9,29H2,1-3H3,(H2,30,37)/t13-,16-,22-,28-/m0/s1. The van der Waals surface area contributed by atoms with Crippen molar-refractivity contribution in [2.75, 3.05) is 19.8 Å². The maximum Gasteiger partial charge on any atom is 0.255 e. The zero-order valence-corrected chi connectivity index (χ0v) is 21.1. The van der Waals surface area contributed by atoms with Crippen molar-refractivity contribution < 1.29 is 34.8 Å². The van der Waals surface area contributed by atoms with Crippen LogP contribution in [-0.4, -0.2) is 68.5 Å². The van der Waals surface area contributed by atoms with Gasteiger partial charge in [-0.05, 0) is 74.2 Å². The third-order valence-electron chi connectivity index (χ3n) is 8.20. The van der Waals surface area contributed by atoms with Gasteiger partial charge in [-0.1, -0.05) is 18.2 Å². The van der Waals surface area contributed by atoms with Crippen molar-refractivity contribution in [3.63, 3.8) is 0 Å². The molecule has 0 radical (unpaired) electrons. The number of amides is 1. The van der Waals surface area contributed by atoms with E-state index >= 15 is 0 Å². The fourth-order valence-corrected chi connectivity index (χ4v) is 6.33. The molecule has 10 nitrogen and oxygen atoms in total. The number of primary amides is 1. The molecule has 38 heavy (non-hydrogen) atoms. The van der Waals surface area contributed by atoms with Gasteiger partial charge in [0, 0.05) is 17.2 Å². The van der Waals surface area contributed by atoms with Crippen LogP contribution in [0.2, 0.25) is 0 Å². The van der Waals surface area contributed by atoms with Gasteiger partial charge in [0.15, 0.2) is 11.4 Å². The molecule has 3 aliphatic rings. The van der Waals surface area contributed by atoms with Gasteiger partial charge in [-0.15, -0.1) is 0 Å². The van der Waals surface area contributed by atoms with Gasteiger partial charge in [-0.2, -0.15) is 0 Å². The number of carbonyl (C=O) groups excluding carboxylic acids is 3. The lowest BCUT2D eigenvalue weighted by Crippen LogP contribution is -2.63. The molecule has 0 aliphatic heterocycles. The SMILES string of the molecule is Cc1ccc(-c2ccc(O)c3c2C[C@H]2C[C@H]4[C@H](N(C)C)C(O)=C(C(N)=O)C(=O)[C@@]4(O)C(O)=C2C3=O)cc1N. The van der Waals surface area contributed by atoms with Crippen molar-refractivity contribution in [1.29, 1.82) is 0 Å². The molecule has 0 saturated carbocycles. The third-order valence-corrected chi connectivity index (χ3v) is 8.20. The number of anilines is 1. The van der Waals surface area contributed by atoms with E-state index in [0.717, 1.165) is 11.1 Å². The van der Waals surface area contributed by atoms with Crippen molar-refractivity contribution in [3.8, 4) is 16.9 Å². The summed E-state index contributed by atoms with van der Waals surface area (Å²) in [5, 5.41) is 44.6. The molecule has 0 spiro atoms. The van der Waals surface area contributed by atoms with E-state index in [0.29, 0.717) is 16.8 Å². The minimum Gasteiger partial charge on any atom is -0.510 e. The van der Waals surface area contributed by atoms with E-state index < -0.39 is 58.0 Å². The van der Waals surface area contributed by atoms with Crippen LogP contribution < -0.4 is 11.5 Å². The van der Waals surface area contributed by atoms with E-state index in [9.17, 15) is 34.8 Å². The molecular formula is C28H29N3O7. The van der Waals surface area contributed by atoms with E-state index in [1.807, 2.05) is 19.1 Å². The summed E-state index contributed by atoms with van der Waals surface area (Å²) >= 11 is 0. The van der Waals surface area contributed by atoms with Crippen molar-refractivity contribution >= 4 is 23.2 Å². The summed E-state index contributed by atoms with van der Waals surface area (Å²) in [6.45, 7) is 1.87. The third kappa shape index (κ3) is 3.30. The number of nitrogens with two attached hydrogens (primary N) is 2. The number of ketones is 2. The highest BCUT2D eigenvalue weighted by molar-refractivity contribution is 6.24. The van der Waals surface area contributed by atoms with Gasteiger partial charge in [0.25, 0.3) is 5.91 Å². The number of rotatable bonds is 3. The average molecular weight is 520 g/mol. The van der Waals surface area contributed by atoms with Crippen molar-refractivity contribution in [3.05, 3.63) is 69.7 Å². The number of aryl methyl sites for hydroxylation is 1. The number of aliphatic hydroxyl groups excluding tert-OH is 2. The molecule has 0 heterocycles. The molecule has 3 aliphatic carbocycles. The van der Waals surface area contributed by atoms with Gasteiger partial charge >= 0.3 is 0 Å². The predicted molar refractivity (Wildman–Crippen MR) is 138 cm³/mol. The number of carbonyl (C=O) groups is 3. The molecule has 4 atom stereocenters. The Morgan fingerprint density at radius 1 is 1.11 bits per heavy atom. The molecule has 0 unspecified atom stereocenters. The molecule has 0 saturated heterocycles. The summed E-state index contributed by atoms with van der Waals surface area (Å²) < 4.78 is 0. The first-order valence-corrected chi connectivity index (χ1v) is 12.2. The fraction of sp³-hybridized carbons (Fsp3) is 0.321. The quantitative estimate of drug-likeness (QED) is 0.259. The van der Waals surface area contributed by atoms with E-state index in [4.69, 9.17) is 11.5 Å². The van der Waals surface area contributed by atoms with E-state index in [2.05, 4.69) is 0 Å². The normalized spacial score (nSPS) is 26.8. The largest absolute Gasteiger partial charge is 0.510 e. The van der Waals surface area contributed by atoms with Gasteiger partial charge in [0.05, 0.1) is 11.6 Å². The molecule has 0 fully saturated rings.